The Hall–Kier alpha value is -3.26. The van der Waals surface area contributed by atoms with Gasteiger partial charge in [0.25, 0.3) is 0 Å². The number of carbonyl (C=O) groups is 2. The highest BCUT2D eigenvalue weighted by molar-refractivity contribution is 6.06. The van der Waals surface area contributed by atoms with Crippen molar-refractivity contribution in [1.82, 2.24) is 5.43 Å². The number of hydrogen-bond donors (Lipinski definition) is 4. The molecular formula is C18H19N3O5. The maximum absolute atomic E-state index is 11.7. The van der Waals surface area contributed by atoms with Crippen molar-refractivity contribution >= 4 is 34.3 Å². The van der Waals surface area contributed by atoms with Crippen LogP contribution in [0, 0.1) is 0 Å². The van der Waals surface area contributed by atoms with Gasteiger partial charge in [-0.1, -0.05) is 30.3 Å². The number of hydrazine groups is 1. The first-order chi connectivity index (χ1) is 12.5. The molecule has 0 spiro atoms. The SMILES string of the molecule is C=CCN(C(=O)O)c1cc2c(c3ccccc13)C(CO)CN2NC(=O)O. The highest BCUT2D eigenvalue weighted by Crippen LogP contribution is 2.44. The minimum absolute atomic E-state index is 0.0912. The Bertz CT molecular complexity index is 883. The molecule has 3 rings (SSSR count). The molecule has 8 nitrogen and oxygen atoms in total. The molecule has 1 atom stereocenters. The van der Waals surface area contributed by atoms with Crippen molar-refractivity contribution in [3.63, 3.8) is 0 Å². The second-order valence-electron chi connectivity index (χ2n) is 5.96. The van der Waals surface area contributed by atoms with Crippen molar-refractivity contribution in [1.29, 1.82) is 0 Å². The summed E-state index contributed by atoms with van der Waals surface area (Å²) in [6, 6.07) is 8.93. The van der Waals surface area contributed by atoms with E-state index in [1.165, 1.54) is 11.1 Å². The van der Waals surface area contributed by atoms with Gasteiger partial charge in [-0.15, -0.1) is 6.58 Å². The molecule has 2 amide bonds. The summed E-state index contributed by atoms with van der Waals surface area (Å²) in [5.74, 6) is -0.284. The molecule has 0 saturated carbocycles. The minimum atomic E-state index is -1.23. The van der Waals surface area contributed by atoms with E-state index >= 15 is 0 Å². The van der Waals surface area contributed by atoms with Crippen LogP contribution in [0.4, 0.5) is 21.0 Å². The smallest absolute Gasteiger partial charge is 0.423 e. The second kappa shape index (κ2) is 6.93. The highest BCUT2D eigenvalue weighted by Gasteiger charge is 2.33. The molecule has 0 saturated heterocycles. The molecule has 1 aliphatic rings. The predicted octanol–water partition coefficient (Wildman–Crippen LogP) is 2.59. The summed E-state index contributed by atoms with van der Waals surface area (Å²) in [6.45, 7) is 3.81. The summed E-state index contributed by atoms with van der Waals surface area (Å²) in [7, 11) is 0. The molecule has 26 heavy (non-hydrogen) atoms. The number of fused-ring (bicyclic) bond motifs is 3. The Kier molecular flexibility index (Phi) is 4.68. The molecule has 0 bridgehead atoms. The minimum Gasteiger partial charge on any atom is -0.465 e. The first kappa shape index (κ1) is 17.6. The largest absolute Gasteiger partial charge is 0.465 e. The third-order valence-corrected chi connectivity index (χ3v) is 4.43. The molecule has 4 N–H and O–H groups in total. The van der Waals surface area contributed by atoms with Gasteiger partial charge in [-0.2, -0.15) is 0 Å². The van der Waals surface area contributed by atoms with Gasteiger partial charge >= 0.3 is 12.2 Å². The first-order valence-electron chi connectivity index (χ1n) is 8.02. The molecule has 1 aliphatic heterocycles. The van der Waals surface area contributed by atoms with Crippen LogP contribution in [0.25, 0.3) is 10.8 Å². The molecule has 0 fully saturated rings. The van der Waals surface area contributed by atoms with Crippen LogP contribution in [0.5, 0.6) is 0 Å². The van der Waals surface area contributed by atoms with Crippen molar-refractivity contribution in [3.05, 3.63) is 48.6 Å². The van der Waals surface area contributed by atoms with Crippen LogP contribution in [-0.2, 0) is 0 Å². The Morgan fingerprint density at radius 1 is 1.31 bits per heavy atom. The van der Waals surface area contributed by atoms with E-state index in [1.807, 2.05) is 24.3 Å². The van der Waals surface area contributed by atoms with Crippen LogP contribution in [-0.4, -0.2) is 47.2 Å². The number of carboxylic acid groups (broad SMARTS) is 2. The third-order valence-electron chi connectivity index (χ3n) is 4.43. The average Bonchev–Trinajstić information content (AvgIpc) is 2.96. The first-order valence-corrected chi connectivity index (χ1v) is 8.02. The van der Waals surface area contributed by atoms with Crippen LogP contribution >= 0.6 is 0 Å². The molecule has 1 unspecified atom stereocenters. The molecular weight excluding hydrogens is 338 g/mol. The fourth-order valence-corrected chi connectivity index (χ4v) is 3.43. The van der Waals surface area contributed by atoms with E-state index in [-0.39, 0.29) is 25.6 Å². The van der Waals surface area contributed by atoms with Crippen molar-refractivity contribution < 1.29 is 24.9 Å². The van der Waals surface area contributed by atoms with Crippen LogP contribution in [0.2, 0.25) is 0 Å². The number of benzene rings is 2. The number of nitrogens with one attached hydrogen (secondary N) is 1. The molecule has 2 aromatic rings. The van der Waals surface area contributed by atoms with Crippen molar-refractivity contribution in [2.75, 3.05) is 29.6 Å². The standard InChI is InChI=1S/C18H19N3O5/c1-2-7-20(18(25)26)14-8-15-16(13-6-4-3-5-12(13)14)11(10-22)9-21(15)19-17(23)24/h2-6,8,11,19,22H,1,7,9-10H2,(H,23,24)(H,25,26). The van der Waals surface area contributed by atoms with E-state index in [4.69, 9.17) is 5.11 Å². The van der Waals surface area contributed by atoms with Gasteiger partial charge < -0.3 is 15.3 Å². The van der Waals surface area contributed by atoms with Gasteiger partial charge in [-0.25, -0.2) is 15.0 Å². The van der Waals surface area contributed by atoms with Gasteiger partial charge in [0.2, 0.25) is 0 Å². The monoisotopic (exact) mass is 357 g/mol. The number of hydrogen-bond acceptors (Lipinski definition) is 4. The quantitative estimate of drug-likeness (QED) is 0.612. The zero-order valence-electron chi connectivity index (χ0n) is 13.9. The Morgan fingerprint density at radius 3 is 2.58 bits per heavy atom. The average molecular weight is 357 g/mol. The van der Waals surface area contributed by atoms with E-state index in [1.54, 1.807) is 6.07 Å². The number of anilines is 2. The maximum Gasteiger partial charge on any atom is 0.423 e. The van der Waals surface area contributed by atoms with Gasteiger partial charge in [0.1, 0.15) is 0 Å². The van der Waals surface area contributed by atoms with Gasteiger partial charge in [0, 0.05) is 24.4 Å². The molecule has 0 aliphatic carbocycles. The summed E-state index contributed by atoms with van der Waals surface area (Å²) in [6.07, 6.45) is -0.880. The summed E-state index contributed by atoms with van der Waals surface area (Å²) in [4.78, 5) is 24.0. The normalized spacial score (nSPS) is 15.6. The third kappa shape index (κ3) is 2.91. The second-order valence-corrected chi connectivity index (χ2v) is 5.96. The van der Waals surface area contributed by atoms with Crippen molar-refractivity contribution in [2.45, 2.75) is 5.92 Å². The summed E-state index contributed by atoms with van der Waals surface area (Å²) in [5, 5.41) is 31.3. The Morgan fingerprint density at radius 2 is 2.00 bits per heavy atom. The van der Waals surface area contributed by atoms with E-state index in [0.717, 1.165) is 15.8 Å². The Labute approximate surface area is 149 Å². The molecule has 0 radical (unpaired) electrons. The fraction of sp³-hybridized carbons (Fsp3) is 0.222. The summed E-state index contributed by atoms with van der Waals surface area (Å²) < 4.78 is 0. The van der Waals surface area contributed by atoms with Crippen molar-refractivity contribution in [2.24, 2.45) is 0 Å². The summed E-state index contributed by atoms with van der Waals surface area (Å²) >= 11 is 0. The maximum atomic E-state index is 11.7. The molecule has 1 heterocycles. The predicted molar refractivity (Wildman–Crippen MR) is 97.8 cm³/mol. The lowest BCUT2D eigenvalue weighted by Crippen LogP contribution is -2.41. The van der Waals surface area contributed by atoms with Gasteiger partial charge in [0.05, 0.1) is 18.0 Å². The van der Waals surface area contributed by atoms with Gasteiger partial charge in [-0.3, -0.25) is 9.91 Å². The lowest BCUT2D eigenvalue weighted by Gasteiger charge is -2.24. The topological polar surface area (TPSA) is 113 Å². The van der Waals surface area contributed by atoms with Gasteiger partial charge in [0.15, 0.2) is 0 Å². The number of nitrogens with zero attached hydrogens (tertiary/aromatic N) is 2. The van der Waals surface area contributed by atoms with Crippen LogP contribution in [0.1, 0.15) is 11.5 Å². The van der Waals surface area contributed by atoms with E-state index in [9.17, 15) is 19.8 Å². The van der Waals surface area contributed by atoms with Crippen molar-refractivity contribution in [3.8, 4) is 0 Å². The number of rotatable bonds is 5. The highest BCUT2D eigenvalue weighted by atomic mass is 16.4. The lowest BCUT2D eigenvalue weighted by molar-refractivity contribution is 0.192. The molecule has 136 valence electrons. The van der Waals surface area contributed by atoms with E-state index in [0.29, 0.717) is 16.8 Å². The Balaban J connectivity index is 2.28. The zero-order valence-corrected chi connectivity index (χ0v) is 13.9. The van der Waals surface area contributed by atoms with Gasteiger partial charge in [-0.05, 0) is 17.0 Å². The number of aliphatic hydroxyl groups is 1. The number of amides is 2. The molecule has 8 heteroatoms. The lowest BCUT2D eigenvalue weighted by atomic mass is 9.94. The van der Waals surface area contributed by atoms with Crippen LogP contribution in [0.15, 0.2) is 43.0 Å². The zero-order chi connectivity index (χ0) is 18.8. The summed E-state index contributed by atoms with van der Waals surface area (Å²) in [5.41, 5.74) is 4.07. The molecule has 0 aromatic heterocycles. The number of aliphatic hydroxyl groups excluding tert-OH is 1. The van der Waals surface area contributed by atoms with E-state index < -0.39 is 12.2 Å². The van der Waals surface area contributed by atoms with E-state index in [2.05, 4.69) is 12.0 Å². The molecule has 2 aromatic carbocycles. The van der Waals surface area contributed by atoms with Crippen LogP contribution in [0.3, 0.4) is 0 Å². The fourth-order valence-electron chi connectivity index (χ4n) is 3.43. The van der Waals surface area contributed by atoms with Crippen LogP contribution < -0.4 is 15.3 Å².